The van der Waals surface area contributed by atoms with E-state index in [1.54, 1.807) is 18.5 Å². The molecule has 1 unspecified atom stereocenters. The second kappa shape index (κ2) is 8.81. The van der Waals surface area contributed by atoms with Gasteiger partial charge in [0.15, 0.2) is 16.6 Å². The Bertz CT molecular complexity index is 854. The van der Waals surface area contributed by atoms with Crippen molar-refractivity contribution >= 4 is 28.9 Å². The average Bonchev–Trinajstić information content (AvgIpc) is 3.19. The summed E-state index contributed by atoms with van der Waals surface area (Å²) in [5.41, 5.74) is 1.08. The fraction of sp³-hybridized carbons (Fsp3) is 0.368. The predicted molar refractivity (Wildman–Crippen MR) is 108 cm³/mol. The van der Waals surface area contributed by atoms with Crippen molar-refractivity contribution in [2.75, 3.05) is 33.1 Å². The monoisotopic (exact) mass is 421 g/mol. The molecule has 7 nitrogen and oxygen atoms in total. The number of rotatable bonds is 5. The molecule has 0 saturated carbocycles. The van der Waals surface area contributed by atoms with Crippen molar-refractivity contribution in [2.45, 2.75) is 12.6 Å². The molecule has 1 aromatic heterocycles. The van der Waals surface area contributed by atoms with Crippen molar-refractivity contribution in [2.24, 2.45) is 0 Å². The minimum atomic E-state index is -0.0852. The van der Waals surface area contributed by atoms with E-state index >= 15 is 0 Å². The third-order valence-corrected chi connectivity index (χ3v) is 5.03. The average molecular weight is 422 g/mol. The zero-order chi connectivity index (χ0) is 19.3. The van der Waals surface area contributed by atoms with Crippen molar-refractivity contribution in [1.82, 2.24) is 15.2 Å². The maximum absolute atomic E-state index is 5.93. The Morgan fingerprint density at radius 1 is 1.29 bits per heavy atom. The number of morpholine rings is 1. The van der Waals surface area contributed by atoms with Crippen molar-refractivity contribution in [3.63, 3.8) is 0 Å². The van der Waals surface area contributed by atoms with Crippen molar-refractivity contribution in [3.8, 4) is 17.2 Å². The first-order valence-electron chi connectivity index (χ1n) is 8.93. The van der Waals surface area contributed by atoms with Gasteiger partial charge in [0.05, 0.1) is 17.8 Å². The van der Waals surface area contributed by atoms with Crippen LogP contribution in [0.1, 0.15) is 5.56 Å². The molecule has 0 aliphatic carbocycles. The Hall–Kier alpha value is -2.29. The van der Waals surface area contributed by atoms with E-state index < -0.39 is 0 Å². The Labute approximate surface area is 173 Å². The van der Waals surface area contributed by atoms with E-state index in [0.29, 0.717) is 42.2 Å². The molecule has 4 rings (SSSR count). The number of thiocarbonyl (C=S) groups is 1. The summed E-state index contributed by atoms with van der Waals surface area (Å²) in [6.45, 7) is 3.27. The predicted octanol–water partition coefficient (Wildman–Crippen LogP) is 2.62. The van der Waals surface area contributed by atoms with E-state index in [4.69, 9.17) is 42.8 Å². The topological polar surface area (TPSA) is 65.1 Å². The summed E-state index contributed by atoms with van der Waals surface area (Å²) < 4.78 is 22.3. The first-order chi connectivity index (χ1) is 13.7. The van der Waals surface area contributed by atoms with Gasteiger partial charge in [-0.3, -0.25) is 4.98 Å². The molecule has 0 radical (unpaired) electrons. The molecule has 2 aromatic rings. The molecule has 1 saturated heterocycles. The van der Waals surface area contributed by atoms with Gasteiger partial charge in [-0.1, -0.05) is 17.7 Å². The summed E-state index contributed by atoms with van der Waals surface area (Å²) >= 11 is 11.5. The Balaban J connectivity index is 1.26. The van der Waals surface area contributed by atoms with Gasteiger partial charge in [-0.15, -0.1) is 0 Å². The van der Waals surface area contributed by atoms with E-state index in [1.165, 1.54) is 0 Å². The van der Waals surface area contributed by atoms with E-state index in [2.05, 4.69) is 15.2 Å². The lowest BCUT2D eigenvalue weighted by Crippen LogP contribution is -2.50. The Morgan fingerprint density at radius 3 is 3.07 bits per heavy atom. The second-order valence-electron chi connectivity index (χ2n) is 6.43. The van der Waals surface area contributed by atoms with Gasteiger partial charge in [-0.05, 0) is 29.9 Å². The highest BCUT2D eigenvalue weighted by Gasteiger charge is 2.23. The lowest BCUT2D eigenvalue weighted by atomic mass is 10.2. The van der Waals surface area contributed by atoms with Crippen LogP contribution >= 0.6 is 23.8 Å². The van der Waals surface area contributed by atoms with Crippen LogP contribution in [0.15, 0.2) is 36.7 Å². The zero-order valence-electron chi connectivity index (χ0n) is 15.1. The number of hydrogen-bond acceptors (Lipinski definition) is 6. The fourth-order valence-electron chi connectivity index (χ4n) is 3.01. The maximum atomic E-state index is 5.93. The number of hydrogen-bond donors (Lipinski definition) is 1. The van der Waals surface area contributed by atoms with Crippen LogP contribution in [0.2, 0.25) is 5.02 Å². The van der Waals surface area contributed by atoms with Crippen LogP contribution in [0.3, 0.4) is 0 Å². The van der Waals surface area contributed by atoms with Crippen LogP contribution < -0.4 is 19.5 Å². The van der Waals surface area contributed by atoms with Gasteiger partial charge >= 0.3 is 0 Å². The van der Waals surface area contributed by atoms with Crippen LogP contribution in [-0.2, 0) is 11.3 Å². The molecule has 0 amide bonds. The molecule has 0 spiro atoms. The number of pyridine rings is 1. The fourth-order valence-corrected chi connectivity index (χ4v) is 3.41. The van der Waals surface area contributed by atoms with Gasteiger partial charge in [0.2, 0.25) is 6.79 Å². The summed E-state index contributed by atoms with van der Waals surface area (Å²) in [4.78, 5) is 6.10. The van der Waals surface area contributed by atoms with E-state index in [0.717, 1.165) is 23.6 Å². The van der Waals surface area contributed by atoms with Crippen LogP contribution in [0.25, 0.3) is 0 Å². The molecule has 148 valence electrons. The summed E-state index contributed by atoms with van der Waals surface area (Å²) in [5, 5.41) is 4.53. The lowest BCUT2D eigenvalue weighted by Gasteiger charge is -2.34. The number of benzene rings is 1. The number of aromatic nitrogens is 1. The summed E-state index contributed by atoms with van der Waals surface area (Å²) in [6, 6.07) is 7.60. The molecule has 1 atom stereocenters. The maximum Gasteiger partial charge on any atom is 0.231 e. The Kier molecular flexibility index (Phi) is 5.99. The van der Waals surface area contributed by atoms with E-state index in [1.807, 2.05) is 18.2 Å². The van der Waals surface area contributed by atoms with Crippen LogP contribution in [-0.4, -0.2) is 54.2 Å². The van der Waals surface area contributed by atoms with Crippen LogP contribution in [0.4, 0.5) is 0 Å². The lowest BCUT2D eigenvalue weighted by molar-refractivity contribution is -0.0288. The summed E-state index contributed by atoms with van der Waals surface area (Å²) in [5.74, 6) is 2.17. The molecule has 1 fully saturated rings. The molecule has 2 aliphatic rings. The van der Waals surface area contributed by atoms with Gasteiger partial charge in [0.25, 0.3) is 0 Å². The highest BCUT2D eigenvalue weighted by atomic mass is 35.5. The van der Waals surface area contributed by atoms with Crippen molar-refractivity contribution in [1.29, 1.82) is 0 Å². The molecular formula is C19H20ClN3O4S. The third-order valence-electron chi connectivity index (χ3n) is 4.42. The number of halogens is 1. The first-order valence-corrected chi connectivity index (χ1v) is 9.72. The standard InChI is InChI=1S/C19H20ClN3O4S/c20-14-6-15(9-21-8-14)25-11-16-10-23(3-4-24-16)19(28)22-7-13-1-2-17-18(5-13)27-12-26-17/h1-2,5-6,8-9,16H,3-4,7,10-12H2,(H,22,28). The van der Waals surface area contributed by atoms with E-state index in [-0.39, 0.29) is 12.9 Å². The zero-order valence-corrected chi connectivity index (χ0v) is 16.7. The summed E-state index contributed by atoms with van der Waals surface area (Å²) in [6.07, 6.45) is 3.11. The third kappa shape index (κ3) is 4.76. The minimum Gasteiger partial charge on any atom is -0.489 e. The molecule has 28 heavy (non-hydrogen) atoms. The van der Waals surface area contributed by atoms with E-state index in [9.17, 15) is 0 Å². The van der Waals surface area contributed by atoms with Gasteiger partial charge in [-0.2, -0.15) is 0 Å². The number of fused-ring (bicyclic) bond motifs is 1. The van der Waals surface area contributed by atoms with Crippen molar-refractivity contribution < 1.29 is 18.9 Å². The number of nitrogens with one attached hydrogen (secondary N) is 1. The quantitative estimate of drug-likeness (QED) is 0.739. The molecule has 3 heterocycles. The summed E-state index contributed by atoms with van der Waals surface area (Å²) in [7, 11) is 0. The smallest absolute Gasteiger partial charge is 0.231 e. The highest BCUT2D eigenvalue weighted by Crippen LogP contribution is 2.32. The van der Waals surface area contributed by atoms with Crippen molar-refractivity contribution in [3.05, 3.63) is 47.2 Å². The molecule has 2 aliphatic heterocycles. The number of ether oxygens (including phenoxy) is 4. The molecule has 9 heteroatoms. The molecular weight excluding hydrogens is 402 g/mol. The molecule has 1 N–H and O–H groups in total. The number of nitrogens with zero attached hydrogens (tertiary/aromatic N) is 2. The largest absolute Gasteiger partial charge is 0.489 e. The van der Waals surface area contributed by atoms with Crippen LogP contribution in [0.5, 0.6) is 17.2 Å². The first kappa shape index (κ1) is 19.0. The van der Waals surface area contributed by atoms with Gasteiger partial charge < -0.3 is 29.2 Å². The van der Waals surface area contributed by atoms with Crippen LogP contribution in [0, 0.1) is 0 Å². The van der Waals surface area contributed by atoms with Gasteiger partial charge in [0, 0.05) is 31.9 Å². The molecule has 1 aromatic carbocycles. The SMILES string of the molecule is S=C(NCc1ccc2c(c1)OCO2)N1CCOC(COc2cncc(Cl)c2)C1. The normalized spacial score (nSPS) is 18.0. The molecule has 0 bridgehead atoms. The minimum absolute atomic E-state index is 0.0852. The van der Waals surface area contributed by atoms with Gasteiger partial charge in [-0.25, -0.2) is 0 Å². The second-order valence-corrected chi connectivity index (χ2v) is 7.26. The highest BCUT2D eigenvalue weighted by molar-refractivity contribution is 7.80. The Morgan fingerprint density at radius 2 is 2.18 bits per heavy atom. The van der Waals surface area contributed by atoms with Gasteiger partial charge in [0.1, 0.15) is 18.5 Å².